The minimum atomic E-state index is 0.353. The summed E-state index contributed by atoms with van der Waals surface area (Å²) >= 11 is 0. The first-order valence-electron chi connectivity index (χ1n) is 6.21. The van der Waals surface area contributed by atoms with E-state index in [0.29, 0.717) is 34.8 Å². The standard InChI is InChI=1S/C14H12N6O/c1-21-11-3-2-9(4-10(11)5-15)6-20-8-19-12-13(16)17-7-18-14(12)20/h2-4,7-8H,6H2,1H3,(H2,16,17,18). The number of hydrogen-bond acceptors (Lipinski definition) is 6. The molecule has 0 aliphatic heterocycles. The number of nitrogens with zero attached hydrogens (tertiary/aromatic N) is 5. The van der Waals surface area contributed by atoms with Crippen molar-refractivity contribution in [1.82, 2.24) is 19.5 Å². The van der Waals surface area contributed by atoms with E-state index in [1.54, 1.807) is 25.6 Å². The first-order chi connectivity index (χ1) is 10.2. The first kappa shape index (κ1) is 12.9. The van der Waals surface area contributed by atoms with Crippen molar-refractivity contribution in [2.75, 3.05) is 12.8 Å². The molecule has 0 amide bonds. The number of aromatic nitrogens is 4. The summed E-state index contributed by atoms with van der Waals surface area (Å²) in [7, 11) is 1.54. The third-order valence-corrected chi connectivity index (χ3v) is 3.17. The second-order valence-electron chi connectivity index (χ2n) is 4.45. The number of ether oxygens (including phenoxy) is 1. The van der Waals surface area contributed by atoms with Gasteiger partial charge in [0.15, 0.2) is 11.5 Å². The molecule has 21 heavy (non-hydrogen) atoms. The zero-order chi connectivity index (χ0) is 14.8. The van der Waals surface area contributed by atoms with Crippen molar-refractivity contribution in [3.05, 3.63) is 42.0 Å². The van der Waals surface area contributed by atoms with Crippen LogP contribution in [0, 0.1) is 11.3 Å². The maximum Gasteiger partial charge on any atom is 0.165 e. The van der Waals surface area contributed by atoms with Gasteiger partial charge in [-0.1, -0.05) is 6.07 Å². The van der Waals surface area contributed by atoms with Crippen molar-refractivity contribution in [2.45, 2.75) is 6.54 Å². The number of imidazole rings is 1. The quantitative estimate of drug-likeness (QED) is 0.776. The molecule has 0 radical (unpaired) electrons. The normalized spacial score (nSPS) is 10.5. The third kappa shape index (κ3) is 2.23. The van der Waals surface area contributed by atoms with Gasteiger partial charge in [-0.2, -0.15) is 5.26 Å². The lowest BCUT2D eigenvalue weighted by Gasteiger charge is -2.07. The molecule has 0 unspecified atom stereocenters. The summed E-state index contributed by atoms with van der Waals surface area (Å²) in [5.41, 5.74) is 8.44. The van der Waals surface area contributed by atoms with Gasteiger partial charge < -0.3 is 15.0 Å². The van der Waals surface area contributed by atoms with Gasteiger partial charge in [-0.25, -0.2) is 15.0 Å². The molecule has 0 atom stereocenters. The Labute approximate surface area is 120 Å². The molecule has 0 spiro atoms. The van der Waals surface area contributed by atoms with Gasteiger partial charge >= 0.3 is 0 Å². The van der Waals surface area contributed by atoms with Crippen LogP contribution in [0.25, 0.3) is 11.2 Å². The van der Waals surface area contributed by atoms with Crippen LogP contribution in [0.4, 0.5) is 5.82 Å². The van der Waals surface area contributed by atoms with Crippen molar-refractivity contribution in [2.24, 2.45) is 0 Å². The lowest BCUT2D eigenvalue weighted by Crippen LogP contribution is -2.01. The van der Waals surface area contributed by atoms with Crippen LogP contribution < -0.4 is 10.5 Å². The summed E-state index contributed by atoms with van der Waals surface area (Å²) in [5, 5.41) is 9.12. The topological polar surface area (TPSA) is 103 Å². The Morgan fingerprint density at radius 2 is 2.19 bits per heavy atom. The van der Waals surface area contributed by atoms with Crippen LogP contribution >= 0.6 is 0 Å². The lowest BCUT2D eigenvalue weighted by atomic mass is 10.1. The average molecular weight is 280 g/mol. The second-order valence-corrected chi connectivity index (χ2v) is 4.45. The molecule has 7 heteroatoms. The average Bonchev–Trinajstić information content (AvgIpc) is 2.92. The Kier molecular flexibility index (Phi) is 3.12. The van der Waals surface area contributed by atoms with Crippen molar-refractivity contribution in [3.8, 4) is 11.8 Å². The molecular formula is C14H12N6O. The maximum atomic E-state index is 9.12. The number of hydrogen-bond donors (Lipinski definition) is 1. The molecule has 0 saturated carbocycles. The fourth-order valence-electron chi connectivity index (χ4n) is 2.15. The molecule has 7 nitrogen and oxygen atoms in total. The van der Waals surface area contributed by atoms with Gasteiger partial charge in [-0.15, -0.1) is 0 Å². The zero-order valence-corrected chi connectivity index (χ0v) is 11.3. The molecule has 0 aliphatic rings. The van der Waals surface area contributed by atoms with E-state index in [9.17, 15) is 0 Å². The Morgan fingerprint density at radius 3 is 2.95 bits per heavy atom. The molecule has 2 aromatic heterocycles. The second kappa shape index (κ2) is 5.09. The van der Waals surface area contributed by atoms with Crippen LogP contribution in [0.2, 0.25) is 0 Å². The zero-order valence-electron chi connectivity index (χ0n) is 11.3. The smallest absolute Gasteiger partial charge is 0.165 e. The van der Waals surface area contributed by atoms with E-state index >= 15 is 0 Å². The predicted octanol–water partition coefficient (Wildman–Crippen LogP) is 1.34. The lowest BCUT2D eigenvalue weighted by molar-refractivity contribution is 0.413. The molecule has 0 bridgehead atoms. The maximum absolute atomic E-state index is 9.12. The summed E-state index contributed by atoms with van der Waals surface area (Å²) in [4.78, 5) is 12.3. The van der Waals surface area contributed by atoms with Crippen LogP contribution in [-0.4, -0.2) is 26.6 Å². The molecule has 0 aliphatic carbocycles. The minimum Gasteiger partial charge on any atom is -0.495 e. The SMILES string of the molecule is COc1ccc(Cn2cnc3c(N)ncnc32)cc1C#N. The molecule has 1 aromatic carbocycles. The number of fused-ring (bicyclic) bond motifs is 1. The van der Waals surface area contributed by atoms with E-state index in [0.717, 1.165) is 5.56 Å². The highest BCUT2D eigenvalue weighted by Gasteiger charge is 2.09. The van der Waals surface area contributed by atoms with Gasteiger partial charge in [0.05, 0.1) is 25.5 Å². The highest BCUT2D eigenvalue weighted by Crippen LogP contribution is 2.21. The van der Waals surface area contributed by atoms with E-state index < -0.39 is 0 Å². The van der Waals surface area contributed by atoms with Crippen LogP contribution in [0.15, 0.2) is 30.9 Å². The van der Waals surface area contributed by atoms with Crippen molar-refractivity contribution < 1.29 is 4.74 Å². The number of nitrogen functional groups attached to an aromatic ring is 1. The molecule has 3 rings (SSSR count). The van der Waals surface area contributed by atoms with Gasteiger partial charge in [0.2, 0.25) is 0 Å². The Morgan fingerprint density at radius 1 is 1.33 bits per heavy atom. The number of anilines is 1. The van der Waals surface area contributed by atoms with E-state index in [-0.39, 0.29) is 0 Å². The van der Waals surface area contributed by atoms with E-state index in [1.165, 1.54) is 6.33 Å². The summed E-state index contributed by atoms with van der Waals surface area (Å²) in [6.07, 6.45) is 3.07. The highest BCUT2D eigenvalue weighted by atomic mass is 16.5. The molecule has 2 N–H and O–H groups in total. The molecule has 0 fully saturated rings. The summed E-state index contributed by atoms with van der Waals surface area (Å²) < 4.78 is 6.99. The van der Waals surface area contributed by atoms with E-state index in [4.69, 9.17) is 15.7 Å². The molecular weight excluding hydrogens is 268 g/mol. The van der Waals surface area contributed by atoms with E-state index in [2.05, 4.69) is 21.0 Å². The number of methoxy groups -OCH3 is 1. The van der Waals surface area contributed by atoms with Crippen LogP contribution in [0.5, 0.6) is 5.75 Å². The number of benzene rings is 1. The van der Waals surface area contributed by atoms with Crippen molar-refractivity contribution in [3.63, 3.8) is 0 Å². The third-order valence-electron chi connectivity index (χ3n) is 3.17. The van der Waals surface area contributed by atoms with Crippen LogP contribution in [0.1, 0.15) is 11.1 Å². The largest absolute Gasteiger partial charge is 0.495 e. The number of nitriles is 1. The number of nitrogens with two attached hydrogens (primary N) is 1. The highest BCUT2D eigenvalue weighted by molar-refractivity contribution is 5.81. The van der Waals surface area contributed by atoms with E-state index in [1.807, 2.05) is 10.6 Å². The Balaban J connectivity index is 1.99. The fraction of sp³-hybridized carbons (Fsp3) is 0.143. The van der Waals surface area contributed by atoms with Gasteiger partial charge in [0.1, 0.15) is 23.7 Å². The fourth-order valence-corrected chi connectivity index (χ4v) is 2.15. The molecule has 2 heterocycles. The van der Waals surface area contributed by atoms with Crippen LogP contribution in [0.3, 0.4) is 0 Å². The van der Waals surface area contributed by atoms with Gasteiger partial charge in [-0.3, -0.25) is 0 Å². The van der Waals surface area contributed by atoms with Gasteiger partial charge in [0.25, 0.3) is 0 Å². The molecule has 0 saturated heterocycles. The minimum absolute atomic E-state index is 0.353. The van der Waals surface area contributed by atoms with Crippen molar-refractivity contribution in [1.29, 1.82) is 5.26 Å². The van der Waals surface area contributed by atoms with Gasteiger partial charge in [0, 0.05) is 0 Å². The van der Waals surface area contributed by atoms with Crippen molar-refractivity contribution >= 4 is 17.0 Å². The molecule has 3 aromatic rings. The predicted molar refractivity (Wildman–Crippen MR) is 76.5 cm³/mol. The summed E-state index contributed by atoms with van der Waals surface area (Å²) in [6.45, 7) is 0.533. The Bertz CT molecular complexity index is 848. The van der Waals surface area contributed by atoms with Gasteiger partial charge in [-0.05, 0) is 17.7 Å². The Hall–Kier alpha value is -3.14. The summed E-state index contributed by atoms with van der Waals surface area (Å²) in [5.74, 6) is 0.912. The number of rotatable bonds is 3. The monoisotopic (exact) mass is 280 g/mol. The molecule has 104 valence electrons. The van der Waals surface area contributed by atoms with Crippen LogP contribution in [-0.2, 0) is 6.54 Å². The first-order valence-corrected chi connectivity index (χ1v) is 6.21. The summed E-state index contributed by atoms with van der Waals surface area (Å²) in [6, 6.07) is 7.58.